The predicted molar refractivity (Wildman–Crippen MR) is 72.7 cm³/mol. The summed E-state index contributed by atoms with van der Waals surface area (Å²) in [5.74, 6) is 0.764. The number of aldehydes is 1. The van der Waals surface area contributed by atoms with Crippen molar-refractivity contribution in [3.05, 3.63) is 65.7 Å². The van der Waals surface area contributed by atoms with E-state index in [0.717, 1.165) is 12.0 Å². The molecule has 3 heteroatoms. The van der Waals surface area contributed by atoms with Gasteiger partial charge in [0.2, 0.25) is 0 Å². The first-order valence-corrected chi connectivity index (χ1v) is 6.06. The second-order valence-electron chi connectivity index (χ2n) is 4.07. The summed E-state index contributed by atoms with van der Waals surface area (Å²) in [6.45, 7) is 0.346. The first-order chi connectivity index (χ1) is 9.29. The maximum Gasteiger partial charge on any atom is 0.166 e. The van der Waals surface area contributed by atoms with Crippen molar-refractivity contribution in [2.24, 2.45) is 0 Å². The molecule has 0 aliphatic heterocycles. The van der Waals surface area contributed by atoms with Crippen LogP contribution in [0.15, 0.2) is 54.6 Å². The van der Waals surface area contributed by atoms with Crippen LogP contribution in [0, 0.1) is 0 Å². The zero-order valence-electron chi connectivity index (χ0n) is 10.4. The zero-order valence-corrected chi connectivity index (χ0v) is 10.4. The Bertz CT molecular complexity index is 544. The van der Waals surface area contributed by atoms with E-state index in [9.17, 15) is 9.59 Å². The maximum atomic E-state index is 11.9. The normalized spacial score (nSPS) is 9.89. The van der Waals surface area contributed by atoms with Gasteiger partial charge in [0.05, 0.1) is 6.61 Å². The van der Waals surface area contributed by atoms with E-state index in [1.807, 2.05) is 30.3 Å². The van der Waals surface area contributed by atoms with Crippen molar-refractivity contribution < 1.29 is 14.3 Å². The Morgan fingerprint density at radius 2 is 1.68 bits per heavy atom. The minimum atomic E-state index is 0.00776. The third-order valence-electron chi connectivity index (χ3n) is 2.71. The highest BCUT2D eigenvalue weighted by Gasteiger charge is 2.05. The molecule has 2 rings (SSSR count). The van der Waals surface area contributed by atoms with Gasteiger partial charge in [-0.05, 0) is 12.1 Å². The van der Waals surface area contributed by atoms with Gasteiger partial charge in [0.25, 0.3) is 0 Å². The molecule has 0 heterocycles. The highest BCUT2D eigenvalue weighted by molar-refractivity contribution is 5.96. The third-order valence-corrected chi connectivity index (χ3v) is 2.71. The maximum absolute atomic E-state index is 11.9. The Hall–Kier alpha value is -2.42. The van der Waals surface area contributed by atoms with Gasteiger partial charge in [-0.3, -0.25) is 9.59 Å². The molecule has 19 heavy (non-hydrogen) atoms. The molecule has 0 bridgehead atoms. The van der Waals surface area contributed by atoms with Gasteiger partial charge >= 0.3 is 0 Å². The number of hydrogen-bond donors (Lipinski definition) is 0. The third kappa shape index (κ3) is 3.78. The molecule has 2 aromatic rings. The molecule has 0 fully saturated rings. The minimum absolute atomic E-state index is 0.00776. The van der Waals surface area contributed by atoms with Gasteiger partial charge in [-0.1, -0.05) is 42.5 Å². The number of Topliss-reactive ketones (excluding diaryl/α,β-unsaturated/α-hetero) is 1. The minimum Gasteiger partial charge on any atom is -0.493 e. The van der Waals surface area contributed by atoms with Crippen molar-refractivity contribution in [3.63, 3.8) is 0 Å². The van der Waals surface area contributed by atoms with E-state index in [0.29, 0.717) is 24.2 Å². The summed E-state index contributed by atoms with van der Waals surface area (Å²) in [4.78, 5) is 22.4. The van der Waals surface area contributed by atoms with Crippen LogP contribution in [-0.4, -0.2) is 18.7 Å². The van der Waals surface area contributed by atoms with Crippen LogP contribution in [0.1, 0.15) is 27.1 Å². The topological polar surface area (TPSA) is 43.4 Å². The first-order valence-electron chi connectivity index (χ1n) is 6.06. The van der Waals surface area contributed by atoms with Crippen LogP contribution < -0.4 is 4.74 Å². The summed E-state index contributed by atoms with van der Waals surface area (Å²) >= 11 is 0. The summed E-state index contributed by atoms with van der Waals surface area (Å²) in [6, 6.07) is 16.0. The van der Waals surface area contributed by atoms with Gasteiger partial charge in [0, 0.05) is 17.5 Å². The summed E-state index contributed by atoms with van der Waals surface area (Å²) in [5, 5.41) is 0. The molecule has 0 aliphatic carbocycles. The monoisotopic (exact) mass is 254 g/mol. The summed E-state index contributed by atoms with van der Waals surface area (Å²) < 4.78 is 5.47. The van der Waals surface area contributed by atoms with Gasteiger partial charge in [-0.2, -0.15) is 0 Å². The number of hydrogen-bond acceptors (Lipinski definition) is 3. The molecule has 0 aromatic heterocycles. The van der Waals surface area contributed by atoms with E-state index in [2.05, 4.69) is 0 Å². The Morgan fingerprint density at radius 1 is 1.00 bits per heavy atom. The van der Waals surface area contributed by atoms with Crippen LogP contribution in [0.3, 0.4) is 0 Å². The quantitative estimate of drug-likeness (QED) is 0.587. The van der Waals surface area contributed by atoms with Crippen molar-refractivity contribution >= 4 is 12.1 Å². The van der Waals surface area contributed by atoms with Crippen molar-refractivity contribution in [3.8, 4) is 5.75 Å². The number of carbonyl (C=O) groups excluding carboxylic acids is 2. The summed E-state index contributed by atoms with van der Waals surface area (Å²) in [6.07, 6.45) is 1.07. The number of para-hydroxylation sites is 1. The molecule has 0 N–H and O–H groups in total. The largest absolute Gasteiger partial charge is 0.493 e. The first kappa shape index (κ1) is 13.0. The second-order valence-corrected chi connectivity index (χ2v) is 4.07. The molecule has 0 saturated carbocycles. The number of carbonyl (C=O) groups is 2. The Balaban J connectivity index is 1.85. The van der Waals surface area contributed by atoms with Crippen LogP contribution in [0.5, 0.6) is 5.75 Å². The van der Waals surface area contributed by atoms with E-state index >= 15 is 0 Å². The number of ketones is 1. The van der Waals surface area contributed by atoms with Crippen LogP contribution in [-0.2, 0) is 0 Å². The molecule has 96 valence electrons. The summed E-state index contributed by atoms with van der Waals surface area (Å²) in [7, 11) is 0. The van der Waals surface area contributed by atoms with Crippen LogP contribution in [0.25, 0.3) is 0 Å². The smallest absolute Gasteiger partial charge is 0.166 e. The average molecular weight is 254 g/mol. The molecule has 0 radical (unpaired) electrons. The van der Waals surface area contributed by atoms with Gasteiger partial charge in [-0.15, -0.1) is 0 Å². The Morgan fingerprint density at radius 3 is 2.32 bits per heavy atom. The fourth-order valence-corrected chi connectivity index (χ4v) is 1.67. The molecule has 0 amide bonds. The van der Waals surface area contributed by atoms with Crippen molar-refractivity contribution in [2.45, 2.75) is 6.42 Å². The molecule has 0 unspecified atom stereocenters. The molecule has 0 atom stereocenters. The van der Waals surface area contributed by atoms with Crippen LogP contribution in [0.4, 0.5) is 0 Å². The van der Waals surface area contributed by atoms with E-state index in [4.69, 9.17) is 4.74 Å². The van der Waals surface area contributed by atoms with E-state index in [-0.39, 0.29) is 5.78 Å². The van der Waals surface area contributed by atoms with Crippen molar-refractivity contribution in [1.82, 2.24) is 0 Å². The molecule has 0 aliphatic rings. The molecule has 3 nitrogen and oxygen atoms in total. The average Bonchev–Trinajstić information content (AvgIpc) is 2.48. The van der Waals surface area contributed by atoms with Crippen LogP contribution in [0.2, 0.25) is 0 Å². The molecule has 0 spiro atoms. The fourth-order valence-electron chi connectivity index (χ4n) is 1.67. The van der Waals surface area contributed by atoms with Gasteiger partial charge < -0.3 is 4.74 Å². The van der Waals surface area contributed by atoms with Crippen molar-refractivity contribution in [1.29, 1.82) is 0 Å². The molecule has 0 saturated heterocycles. The lowest BCUT2D eigenvalue weighted by Gasteiger charge is -2.05. The number of ether oxygens (including phenoxy) is 1. The summed E-state index contributed by atoms with van der Waals surface area (Å²) in [5.41, 5.74) is 1.17. The fraction of sp³-hybridized carbons (Fsp3) is 0.125. The van der Waals surface area contributed by atoms with E-state index in [1.165, 1.54) is 0 Å². The van der Waals surface area contributed by atoms with Gasteiger partial charge in [-0.25, -0.2) is 0 Å². The highest BCUT2D eigenvalue weighted by atomic mass is 16.5. The van der Waals surface area contributed by atoms with Crippen molar-refractivity contribution in [2.75, 3.05) is 6.61 Å². The second kappa shape index (κ2) is 6.50. The van der Waals surface area contributed by atoms with E-state index in [1.54, 1.807) is 24.3 Å². The number of rotatable bonds is 6. The lowest BCUT2D eigenvalue weighted by atomic mass is 10.1. The predicted octanol–water partition coefficient (Wildman–Crippen LogP) is 3.15. The standard InChI is InChI=1S/C16H14O3/c17-12-13-6-8-14(9-7-13)16(18)10-11-19-15-4-2-1-3-5-15/h1-9,12H,10-11H2. The molecule has 2 aromatic carbocycles. The lowest BCUT2D eigenvalue weighted by molar-refractivity contribution is 0.0961. The van der Waals surface area contributed by atoms with Gasteiger partial charge in [0.15, 0.2) is 5.78 Å². The molecular formula is C16H14O3. The number of benzene rings is 2. The SMILES string of the molecule is O=Cc1ccc(C(=O)CCOc2ccccc2)cc1. The van der Waals surface area contributed by atoms with Gasteiger partial charge in [0.1, 0.15) is 12.0 Å². The molecular weight excluding hydrogens is 240 g/mol. The highest BCUT2D eigenvalue weighted by Crippen LogP contribution is 2.10. The van der Waals surface area contributed by atoms with Crippen LogP contribution >= 0.6 is 0 Å². The zero-order chi connectivity index (χ0) is 13.5. The van der Waals surface area contributed by atoms with E-state index < -0.39 is 0 Å². The lowest BCUT2D eigenvalue weighted by Crippen LogP contribution is -2.06. The Labute approximate surface area is 111 Å². The Kier molecular flexibility index (Phi) is 4.45.